The third-order valence-electron chi connectivity index (χ3n) is 3.82. The summed E-state index contributed by atoms with van der Waals surface area (Å²) in [6.45, 7) is 1.85. The van der Waals surface area contributed by atoms with E-state index in [1.807, 2.05) is 0 Å². The molecule has 7 nitrogen and oxygen atoms in total. The number of nitrogens with one attached hydrogen (secondary N) is 1. The number of nitro benzene ring substituents is 1. The lowest BCUT2D eigenvalue weighted by molar-refractivity contribution is -0.385. The van der Waals surface area contributed by atoms with Crippen LogP contribution in [-0.4, -0.2) is 17.6 Å². The van der Waals surface area contributed by atoms with E-state index < -0.39 is 10.8 Å². The lowest BCUT2D eigenvalue weighted by Gasteiger charge is -2.05. The molecule has 0 bridgehead atoms. The average molecular weight is 358 g/mol. The topological polar surface area (TPSA) is 90.7 Å². The van der Waals surface area contributed by atoms with E-state index in [4.69, 9.17) is 9.47 Å². The Kier molecular flexibility index (Phi) is 4.83. The Balaban J connectivity index is 1.70. The molecule has 3 rings (SSSR count). The highest BCUT2D eigenvalue weighted by atomic mass is 19.1. The van der Waals surface area contributed by atoms with E-state index in [9.17, 15) is 19.3 Å². The van der Waals surface area contributed by atoms with Crippen molar-refractivity contribution in [3.8, 4) is 11.5 Å². The number of fused-ring (bicyclic) bond motifs is 1. The third kappa shape index (κ3) is 3.80. The van der Waals surface area contributed by atoms with Crippen molar-refractivity contribution in [1.82, 2.24) is 5.32 Å². The van der Waals surface area contributed by atoms with Gasteiger partial charge in [-0.2, -0.15) is 0 Å². The average Bonchev–Trinajstić information content (AvgIpc) is 3.07. The Hall–Kier alpha value is -3.42. The molecule has 1 heterocycles. The molecule has 0 radical (unpaired) electrons. The SMILES string of the molecule is Cc1cc(CNC(=O)C=Cc2cc3c(cc2[N+](=O)[O-])OCO3)ccc1F. The summed E-state index contributed by atoms with van der Waals surface area (Å²) in [5.41, 5.74) is 1.28. The van der Waals surface area contributed by atoms with Crippen LogP contribution in [0.3, 0.4) is 0 Å². The van der Waals surface area contributed by atoms with E-state index in [-0.39, 0.29) is 30.4 Å². The Bertz CT molecular complexity index is 911. The number of halogens is 1. The fraction of sp³-hybridized carbons (Fsp3) is 0.167. The number of carbonyl (C=O) groups is 1. The Morgan fingerprint density at radius 2 is 2.04 bits per heavy atom. The largest absolute Gasteiger partial charge is 0.454 e. The van der Waals surface area contributed by atoms with Crippen molar-refractivity contribution >= 4 is 17.7 Å². The summed E-state index contributed by atoms with van der Waals surface area (Å²) >= 11 is 0. The minimum atomic E-state index is -0.555. The second-order valence-electron chi connectivity index (χ2n) is 5.66. The molecular weight excluding hydrogens is 343 g/mol. The van der Waals surface area contributed by atoms with E-state index >= 15 is 0 Å². The molecule has 0 atom stereocenters. The van der Waals surface area contributed by atoms with E-state index in [2.05, 4.69) is 5.32 Å². The minimum Gasteiger partial charge on any atom is -0.454 e. The van der Waals surface area contributed by atoms with Gasteiger partial charge in [0.2, 0.25) is 12.7 Å². The molecule has 0 aliphatic carbocycles. The first kappa shape index (κ1) is 17.4. The van der Waals surface area contributed by atoms with Gasteiger partial charge in [-0.3, -0.25) is 14.9 Å². The van der Waals surface area contributed by atoms with Crippen molar-refractivity contribution in [2.75, 3.05) is 6.79 Å². The van der Waals surface area contributed by atoms with Gasteiger partial charge in [0.15, 0.2) is 11.5 Å². The van der Waals surface area contributed by atoms with Crippen molar-refractivity contribution in [3.05, 3.63) is 69.0 Å². The first-order chi connectivity index (χ1) is 12.4. The maximum atomic E-state index is 13.2. The van der Waals surface area contributed by atoms with Crippen molar-refractivity contribution < 1.29 is 23.6 Å². The van der Waals surface area contributed by atoms with E-state index in [1.54, 1.807) is 19.1 Å². The van der Waals surface area contributed by atoms with Gasteiger partial charge in [0.25, 0.3) is 5.69 Å². The monoisotopic (exact) mass is 358 g/mol. The quantitative estimate of drug-likeness (QED) is 0.504. The van der Waals surface area contributed by atoms with Gasteiger partial charge >= 0.3 is 0 Å². The molecule has 26 heavy (non-hydrogen) atoms. The van der Waals surface area contributed by atoms with Crippen LogP contribution >= 0.6 is 0 Å². The number of carbonyl (C=O) groups excluding carboxylic acids is 1. The highest BCUT2D eigenvalue weighted by Gasteiger charge is 2.22. The zero-order chi connectivity index (χ0) is 18.7. The number of amides is 1. The summed E-state index contributed by atoms with van der Waals surface area (Å²) in [4.78, 5) is 22.6. The number of rotatable bonds is 5. The molecule has 0 saturated carbocycles. The molecule has 0 unspecified atom stereocenters. The Morgan fingerprint density at radius 3 is 2.73 bits per heavy atom. The summed E-state index contributed by atoms with van der Waals surface area (Å²) in [7, 11) is 0. The molecule has 0 fully saturated rings. The van der Waals surface area contributed by atoms with Gasteiger partial charge in [-0.1, -0.05) is 12.1 Å². The standard InChI is InChI=1S/C18H15FN2O5/c1-11-6-12(2-4-14(11)19)9-20-18(22)5-3-13-7-16-17(26-10-25-16)8-15(13)21(23)24/h2-8H,9-10H2,1H3,(H,20,22). The minimum absolute atomic E-state index is 0.00275. The maximum absolute atomic E-state index is 13.2. The molecule has 0 spiro atoms. The summed E-state index contributed by atoms with van der Waals surface area (Å²) in [5.74, 6) is -0.0588. The molecule has 1 N–H and O–H groups in total. The number of hydrogen-bond acceptors (Lipinski definition) is 5. The van der Waals surface area contributed by atoms with Gasteiger partial charge in [-0.15, -0.1) is 0 Å². The predicted molar refractivity (Wildman–Crippen MR) is 91.2 cm³/mol. The second kappa shape index (κ2) is 7.22. The Labute approximate surface area is 148 Å². The summed E-state index contributed by atoms with van der Waals surface area (Å²) in [6.07, 6.45) is 2.53. The highest BCUT2D eigenvalue weighted by Crippen LogP contribution is 2.38. The Morgan fingerprint density at radius 1 is 1.31 bits per heavy atom. The van der Waals surface area contributed by atoms with Crippen LogP contribution in [0.25, 0.3) is 6.08 Å². The maximum Gasteiger partial charge on any atom is 0.280 e. The number of hydrogen-bond donors (Lipinski definition) is 1. The molecule has 2 aromatic carbocycles. The highest BCUT2D eigenvalue weighted by molar-refractivity contribution is 5.92. The zero-order valence-corrected chi connectivity index (χ0v) is 13.8. The number of benzene rings is 2. The molecule has 1 amide bonds. The number of ether oxygens (including phenoxy) is 2. The molecule has 0 aromatic heterocycles. The van der Waals surface area contributed by atoms with Crippen LogP contribution in [0.5, 0.6) is 11.5 Å². The van der Waals surface area contributed by atoms with Crippen LogP contribution in [0.1, 0.15) is 16.7 Å². The number of aryl methyl sites for hydroxylation is 1. The first-order valence-corrected chi connectivity index (χ1v) is 7.73. The molecule has 8 heteroatoms. The van der Waals surface area contributed by atoms with Gasteiger partial charge < -0.3 is 14.8 Å². The first-order valence-electron chi connectivity index (χ1n) is 7.73. The molecule has 134 valence electrons. The zero-order valence-electron chi connectivity index (χ0n) is 13.8. The van der Waals surface area contributed by atoms with Gasteiger partial charge in [0, 0.05) is 12.6 Å². The van der Waals surface area contributed by atoms with Crippen LogP contribution in [0, 0.1) is 22.9 Å². The van der Waals surface area contributed by atoms with Crippen LogP contribution in [-0.2, 0) is 11.3 Å². The van der Waals surface area contributed by atoms with Crippen molar-refractivity contribution in [3.63, 3.8) is 0 Å². The molecular formula is C18H15FN2O5. The van der Waals surface area contributed by atoms with E-state index in [0.29, 0.717) is 17.1 Å². The van der Waals surface area contributed by atoms with E-state index in [1.165, 1.54) is 30.4 Å². The molecule has 1 aliphatic rings. The van der Waals surface area contributed by atoms with Crippen molar-refractivity contribution in [2.45, 2.75) is 13.5 Å². The summed E-state index contributed by atoms with van der Waals surface area (Å²) in [5, 5.41) is 13.8. The third-order valence-corrected chi connectivity index (χ3v) is 3.82. The predicted octanol–water partition coefficient (Wildman–Crippen LogP) is 3.10. The molecule has 2 aromatic rings. The summed E-state index contributed by atoms with van der Waals surface area (Å²) < 4.78 is 23.5. The van der Waals surface area contributed by atoms with E-state index in [0.717, 1.165) is 5.56 Å². The lowest BCUT2D eigenvalue weighted by atomic mass is 10.1. The van der Waals surface area contributed by atoms with Crippen LogP contribution in [0.4, 0.5) is 10.1 Å². The van der Waals surface area contributed by atoms with Crippen molar-refractivity contribution in [1.29, 1.82) is 0 Å². The van der Waals surface area contributed by atoms with Crippen LogP contribution < -0.4 is 14.8 Å². The fourth-order valence-electron chi connectivity index (χ4n) is 2.47. The normalized spacial score (nSPS) is 12.4. The lowest BCUT2D eigenvalue weighted by Crippen LogP contribution is -2.20. The van der Waals surface area contributed by atoms with Gasteiger partial charge in [0.1, 0.15) is 5.82 Å². The fourth-order valence-corrected chi connectivity index (χ4v) is 2.47. The number of nitro groups is 1. The van der Waals surface area contributed by atoms with Gasteiger partial charge in [-0.25, -0.2) is 4.39 Å². The summed E-state index contributed by atoms with van der Waals surface area (Å²) in [6, 6.07) is 7.27. The molecule has 1 aliphatic heterocycles. The smallest absolute Gasteiger partial charge is 0.280 e. The van der Waals surface area contributed by atoms with Crippen LogP contribution in [0.2, 0.25) is 0 Å². The number of nitrogens with zero attached hydrogens (tertiary/aromatic N) is 1. The second-order valence-corrected chi connectivity index (χ2v) is 5.66. The van der Waals surface area contributed by atoms with Gasteiger partial charge in [-0.05, 0) is 36.3 Å². The van der Waals surface area contributed by atoms with Crippen molar-refractivity contribution in [2.24, 2.45) is 0 Å². The molecule has 0 saturated heterocycles. The van der Waals surface area contributed by atoms with Gasteiger partial charge in [0.05, 0.1) is 16.6 Å². The van der Waals surface area contributed by atoms with Crippen LogP contribution in [0.15, 0.2) is 36.4 Å².